The van der Waals surface area contributed by atoms with E-state index in [0.29, 0.717) is 15.1 Å². The Labute approximate surface area is 120 Å². The Hall–Kier alpha value is -0.780. The predicted molar refractivity (Wildman–Crippen MR) is 73.8 cm³/mol. The Morgan fingerprint density at radius 3 is 2.50 bits per heavy atom. The van der Waals surface area contributed by atoms with Gasteiger partial charge in [-0.1, -0.05) is 40.9 Å². The molecule has 1 aromatic heterocycles. The first kappa shape index (κ1) is 13.6. The molecule has 18 heavy (non-hydrogen) atoms. The topological polar surface area (TPSA) is 55.9 Å². The van der Waals surface area contributed by atoms with Crippen molar-refractivity contribution < 1.29 is 0 Å². The average molecular weight is 306 g/mol. The van der Waals surface area contributed by atoms with E-state index in [-0.39, 0.29) is 6.04 Å². The summed E-state index contributed by atoms with van der Waals surface area (Å²) >= 11 is 18.1. The quantitative estimate of drug-likeness (QED) is 0.677. The number of nitrogens with one attached hydrogen (secondary N) is 1. The van der Waals surface area contributed by atoms with Crippen molar-refractivity contribution in [3.63, 3.8) is 0 Å². The zero-order valence-electron chi connectivity index (χ0n) is 9.49. The Kier molecular flexibility index (Phi) is 4.14. The van der Waals surface area contributed by atoms with Gasteiger partial charge in [0.15, 0.2) is 0 Å². The maximum Gasteiger partial charge on any atom is 0.0907 e. The standard InChI is InChI=1S/C11H11Cl3N4/c1-18-11(9(14)5-16-18)10(17-15)7-3-2-6(12)4-8(7)13/h2-5,10,17H,15H2,1H3. The summed E-state index contributed by atoms with van der Waals surface area (Å²) in [6.07, 6.45) is 1.56. The molecule has 0 aliphatic carbocycles. The lowest BCUT2D eigenvalue weighted by atomic mass is 10.0. The van der Waals surface area contributed by atoms with Gasteiger partial charge in [-0.3, -0.25) is 10.5 Å². The normalized spacial score (nSPS) is 12.7. The van der Waals surface area contributed by atoms with Crippen LogP contribution in [0.2, 0.25) is 15.1 Å². The van der Waals surface area contributed by atoms with Crippen LogP contribution in [-0.4, -0.2) is 9.78 Å². The van der Waals surface area contributed by atoms with Crippen LogP contribution in [0.4, 0.5) is 0 Å². The number of aryl methyl sites for hydroxylation is 1. The number of hydrazine groups is 1. The molecule has 1 unspecified atom stereocenters. The molecule has 0 amide bonds. The highest BCUT2D eigenvalue weighted by molar-refractivity contribution is 6.35. The largest absolute Gasteiger partial charge is 0.271 e. The van der Waals surface area contributed by atoms with Gasteiger partial charge < -0.3 is 0 Å². The number of nitrogens with two attached hydrogens (primary N) is 1. The molecule has 1 aromatic carbocycles. The summed E-state index contributed by atoms with van der Waals surface area (Å²) in [6.45, 7) is 0. The number of nitrogens with zero attached hydrogens (tertiary/aromatic N) is 2. The second-order valence-corrected chi connectivity index (χ2v) is 5.02. The summed E-state index contributed by atoms with van der Waals surface area (Å²) in [7, 11) is 1.79. The van der Waals surface area contributed by atoms with E-state index in [1.165, 1.54) is 0 Å². The third kappa shape index (κ3) is 2.48. The van der Waals surface area contributed by atoms with Gasteiger partial charge in [0.05, 0.1) is 23.0 Å². The van der Waals surface area contributed by atoms with Crippen molar-refractivity contribution in [2.24, 2.45) is 12.9 Å². The van der Waals surface area contributed by atoms with E-state index in [0.717, 1.165) is 11.3 Å². The minimum atomic E-state index is -0.352. The summed E-state index contributed by atoms with van der Waals surface area (Å²) in [6, 6.07) is 4.86. The molecule has 1 heterocycles. The third-order valence-electron chi connectivity index (χ3n) is 2.65. The molecule has 96 valence electrons. The molecule has 1 atom stereocenters. The second-order valence-electron chi connectivity index (χ2n) is 3.77. The molecular formula is C11H11Cl3N4. The van der Waals surface area contributed by atoms with E-state index in [4.69, 9.17) is 40.6 Å². The van der Waals surface area contributed by atoms with Crippen molar-refractivity contribution in [2.75, 3.05) is 0 Å². The molecule has 0 radical (unpaired) electrons. The zero-order valence-corrected chi connectivity index (χ0v) is 11.8. The van der Waals surface area contributed by atoms with E-state index < -0.39 is 0 Å². The van der Waals surface area contributed by atoms with Crippen LogP contribution in [0.15, 0.2) is 24.4 Å². The number of hydrogen-bond acceptors (Lipinski definition) is 3. The summed E-state index contributed by atoms with van der Waals surface area (Å²) in [4.78, 5) is 0. The third-order valence-corrected chi connectivity index (χ3v) is 3.50. The van der Waals surface area contributed by atoms with Crippen molar-refractivity contribution in [3.8, 4) is 0 Å². The lowest BCUT2D eigenvalue weighted by Gasteiger charge is -2.18. The molecular weight excluding hydrogens is 295 g/mol. The van der Waals surface area contributed by atoms with E-state index in [9.17, 15) is 0 Å². The highest BCUT2D eigenvalue weighted by atomic mass is 35.5. The lowest BCUT2D eigenvalue weighted by molar-refractivity contribution is 0.575. The molecule has 0 aliphatic rings. The van der Waals surface area contributed by atoms with E-state index in [1.54, 1.807) is 36.1 Å². The van der Waals surface area contributed by atoms with Gasteiger partial charge in [-0.15, -0.1) is 0 Å². The fraction of sp³-hybridized carbons (Fsp3) is 0.182. The molecule has 0 fully saturated rings. The molecule has 0 saturated heterocycles. The van der Waals surface area contributed by atoms with Gasteiger partial charge in [0, 0.05) is 17.1 Å². The van der Waals surface area contributed by atoms with Crippen LogP contribution in [0.25, 0.3) is 0 Å². The van der Waals surface area contributed by atoms with Gasteiger partial charge in [-0.2, -0.15) is 5.10 Å². The maximum absolute atomic E-state index is 6.17. The van der Waals surface area contributed by atoms with Gasteiger partial charge in [0.25, 0.3) is 0 Å². The minimum absolute atomic E-state index is 0.352. The molecule has 0 saturated carbocycles. The van der Waals surface area contributed by atoms with E-state index in [1.807, 2.05) is 0 Å². The second kappa shape index (κ2) is 5.47. The van der Waals surface area contributed by atoms with Crippen molar-refractivity contribution in [3.05, 3.63) is 50.7 Å². The van der Waals surface area contributed by atoms with Gasteiger partial charge in [0.2, 0.25) is 0 Å². The summed E-state index contributed by atoms with van der Waals surface area (Å²) in [5.41, 5.74) is 4.22. The van der Waals surface area contributed by atoms with Gasteiger partial charge in [-0.05, 0) is 17.7 Å². The highest BCUT2D eigenvalue weighted by Gasteiger charge is 2.22. The van der Waals surface area contributed by atoms with E-state index in [2.05, 4.69) is 10.5 Å². The number of halogens is 3. The Morgan fingerprint density at radius 2 is 2.00 bits per heavy atom. The fourth-order valence-electron chi connectivity index (χ4n) is 1.80. The highest BCUT2D eigenvalue weighted by Crippen LogP contribution is 2.32. The van der Waals surface area contributed by atoms with Crippen molar-refractivity contribution in [2.45, 2.75) is 6.04 Å². The molecule has 4 nitrogen and oxygen atoms in total. The van der Waals surface area contributed by atoms with Crippen LogP contribution in [0, 0.1) is 0 Å². The molecule has 2 rings (SSSR count). The lowest BCUT2D eigenvalue weighted by Crippen LogP contribution is -2.30. The smallest absolute Gasteiger partial charge is 0.0907 e. The molecule has 0 spiro atoms. The predicted octanol–water partition coefficient (Wildman–Crippen LogP) is 2.93. The number of aromatic nitrogens is 2. The molecule has 0 aliphatic heterocycles. The van der Waals surface area contributed by atoms with Crippen LogP contribution >= 0.6 is 34.8 Å². The molecule has 2 aromatic rings. The zero-order chi connectivity index (χ0) is 13.3. The minimum Gasteiger partial charge on any atom is -0.271 e. The maximum atomic E-state index is 6.17. The van der Waals surface area contributed by atoms with Gasteiger partial charge in [0.1, 0.15) is 0 Å². The molecule has 7 heteroatoms. The Bertz CT molecular complexity index is 548. The Morgan fingerprint density at radius 1 is 1.28 bits per heavy atom. The molecule has 3 N–H and O–H groups in total. The first-order chi connectivity index (χ1) is 8.54. The Balaban J connectivity index is 2.52. The van der Waals surface area contributed by atoms with Gasteiger partial charge in [-0.25, -0.2) is 5.43 Å². The monoisotopic (exact) mass is 304 g/mol. The van der Waals surface area contributed by atoms with Crippen molar-refractivity contribution in [1.82, 2.24) is 15.2 Å². The van der Waals surface area contributed by atoms with Crippen LogP contribution < -0.4 is 11.3 Å². The summed E-state index contributed by atoms with van der Waals surface area (Å²) in [5.74, 6) is 5.60. The number of benzene rings is 1. The average Bonchev–Trinajstić information content (AvgIpc) is 2.64. The number of hydrogen-bond donors (Lipinski definition) is 2. The van der Waals surface area contributed by atoms with Crippen molar-refractivity contribution >= 4 is 34.8 Å². The van der Waals surface area contributed by atoms with Gasteiger partial charge >= 0.3 is 0 Å². The first-order valence-corrected chi connectivity index (χ1v) is 6.26. The van der Waals surface area contributed by atoms with Crippen LogP contribution in [0.5, 0.6) is 0 Å². The van der Waals surface area contributed by atoms with E-state index >= 15 is 0 Å². The van der Waals surface area contributed by atoms with Crippen LogP contribution in [-0.2, 0) is 7.05 Å². The number of rotatable bonds is 3. The first-order valence-electron chi connectivity index (χ1n) is 5.13. The molecule has 0 bridgehead atoms. The fourth-order valence-corrected chi connectivity index (χ4v) is 2.59. The van der Waals surface area contributed by atoms with Crippen LogP contribution in [0.3, 0.4) is 0 Å². The summed E-state index contributed by atoms with van der Waals surface area (Å²) < 4.78 is 1.65. The SMILES string of the molecule is Cn1ncc(Cl)c1C(NN)c1ccc(Cl)cc1Cl. The van der Waals surface area contributed by atoms with Crippen molar-refractivity contribution in [1.29, 1.82) is 0 Å². The van der Waals surface area contributed by atoms with Crippen LogP contribution in [0.1, 0.15) is 17.3 Å². The summed E-state index contributed by atoms with van der Waals surface area (Å²) in [5, 5.41) is 5.68.